The summed E-state index contributed by atoms with van der Waals surface area (Å²) in [6.45, 7) is 8.49. The largest absolute Gasteiger partial charge is 0.497 e. The molecule has 0 saturated heterocycles. The lowest BCUT2D eigenvalue weighted by Crippen LogP contribution is -2.48. The van der Waals surface area contributed by atoms with E-state index in [9.17, 15) is 4.79 Å². The van der Waals surface area contributed by atoms with Gasteiger partial charge in [0.25, 0.3) is 0 Å². The van der Waals surface area contributed by atoms with Gasteiger partial charge in [0.05, 0.1) is 13.2 Å². The van der Waals surface area contributed by atoms with E-state index in [1.165, 1.54) is 0 Å². The molecule has 0 heterocycles. The Labute approximate surface area is 121 Å². The molecule has 112 valence electrons. The summed E-state index contributed by atoms with van der Waals surface area (Å²) in [5.41, 5.74) is 7.04. The minimum atomic E-state index is -0.456. The highest BCUT2D eigenvalue weighted by atomic mass is 16.5. The zero-order valence-electron chi connectivity index (χ0n) is 13.1. The number of nitrogens with zero attached hydrogens (tertiary/aromatic N) is 1. The number of benzene rings is 1. The Kier molecular flexibility index (Phi) is 6.02. The van der Waals surface area contributed by atoms with E-state index in [0.717, 1.165) is 11.3 Å². The molecule has 2 N–H and O–H groups in total. The number of methoxy groups -OCH3 is 1. The molecule has 4 nitrogen and oxygen atoms in total. The van der Waals surface area contributed by atoms with Crippen molar-refractivity contribution in [1.29, 1.82) is 0 Å². The molecule has 0 aliphatic rings. The zero-order valence-corrected chi connectivity index (χ0v) is 13.1. The molecule has 0 aliphatic carbocycles. The first-order chi connectivity index (χ1) is 9.36. The topological polar surface area (TPSA) is 55.6 Å². The minimum absolute atomic E-state index is 0.00202. The molecule has 0 fully saturated rings. The fourth-order valence-corrected chi connectivity index (χ4v) is 1.96. The number of ether oxygens (including phenoxy) is 1. The maximum absolute atomic E-state index is 12.5. The maximum Gasteiger partial charge on any atom is 0.240 e. The van der Waals surface area contributed by atoms with Crippen molar-refractivity contribution >= 4 is 5.91 Å². The van der Waals surface area contributed by atoms with Crippen molar-refractivity contribution in [3.05, 3.63) is 29.8 Å². The lowest BCUT2D eigenvalue weighted by Gasteiger charge is -2.30. The molecule has 1 aromatic rings. The summed E-state index contributed by atoms with van der Waals surface area (Å²) in [6.07, 6.45) is 0. The number of hydrogen-bond donors (Lipinski definition) is 1. The molecule has 1 amide bonds. The van der Waals surface area contributed by atoms with Gasteiger partial charge >= 0.3 is 0 Å². The maximum atomic E-state index is 12.5. The summed E-state index contributed by atoms with van der Waals surface area (Å²) < 4.78 is 5.21. The van der Waals surface area contributed by atoms with Crippen LogP contribution >= 0.6 is 0 Å². The third kappa shape index (κ3) is 4.23. The van der Waals surface area contributed by atoms with Crippen LogP contribution < -0.4 is 10.5 Å². The first kappa shape index (κ1) is 16.5. The van der Waals surface area contributed by atoms with E-state index in [1.807, 2.05) is 56.9 Å². The average molecular weight is 278 g/mol. The lowest BCUT2D eigenvalue weighted by molar-refractivity contribution is -0.136. The molecule has 1 atom stereocenters. The molecule has 0 aliphatic heterocycles. The van der Waals surface area contributed by atoms with E-state index in [1.54, 1.807) is 7.11 Å². The van der Waals surface area contributed by atoms with Gasteiger partial charge in [-0.05, 0) is 37.5 Å². The van der Waals surface area contributed by atoms with Crippen molar-refractivity contribution in [1.82, 2.24) is 4.90 Å². The Morgan fingerprint density at radius 3 is 2.45 bits per heavy atom. The van der Waals surface area contributed by atoms with Gasteiger partial charge < -0.3 is 15.4 Å². The van der Waals surface area contributed by atoms with E-state index < -0.39 is 6.04 Å². The van der Waals surface area contributed by atoms with Gasteiger partial charge in [-0.1, -0.05) is 26.0 Å². The van der Waals surface area contributed by atoms with Crippen molar-refractivity contribution < 1.29 is 9.53 Å². The van der Waals surface area contributed by atoms with Crippen LogP contribution in [0.25, 0.3) is 0 Å². The highest BCUT2D eigenvalue weighted by Crippen LogP contribution is 2.17. The highest BCUT2D eigenvalue weighted by Gasteiger charge is 2.25. The number of hydrogen-bond acceptors (Lipinski definition) is 3. The fraction of sp³-hybridized carbons (Fsp3) is 0.562. The number of carbonyl (C=O) groups is 1. The summed E-state index contributed by atoms with van der Waals surface area (Å²) in [4.78, 5) is 14.3. The van der Waals surface area contributed by atoms with Crippen LogP contribution in [0.15, 0.2) is 24.3 Å². The van der Waals surface area contributed by atoms with Gasteiger partial charge in [-0.15, -0.1) is 0 Å². The quantitative estimate of drug-likeness (QED) is 0.869. The molecule has 0 bridgehead atoms. The summed E-state index contributed by atoms with van der Waals surface area (Å²) in [5.74, 6) is 0.929. The smallest absolute Gasteiger partial charge is 0.240 e. The van der Waals surface area contributed by atoms with Crippen molar-refractivity contribution in [2.45, 2.75) is 46.3 Å². The Bertz CT molecular complexity index is 444. The van der Waals surface area contributed by atoms with Crippen LogP contribution in [0.3, 0.4) is 0 Å². The van der Waals surface area contributed by atoms with E-state index in [0.29, 0.717) is 6.54 Å². The van der Waals surface area contributed by atoms with Crippen LogP contribution in [0, 0.1) is 5.92 Å². The summed E-state index contributed by atoms with van der Waals surface area (Å²) in [6, 6.07) is 7.42. The molecule has 0 saturated carbocycles. The van der Waals surface area contributed by atoms with Crippen LogP contribution in [0.4, 0.5) is 0 Å². The number of carbonyl (C=O) groups excluding carboxylic acids is 1. The highest BCUT2D eigenvalue weighted by molar-refractivity contribution is 5.82. The molecule has 0 radical (unpaired) electrons. The monoisotopic (exact) mass is 278 g/mol. The third-order valence-electron chi connectivity index (χ3n) is 3.40. The minimum Gasteiger partial charge on any atom is -0.497 e. The van der Waals surface area contributed by atoms with Crippen LogP contribution in [-0.4, -0.2) is 30.0 Å². The van der Waals surface area contributed by atoms with Crippen LogP contribution in [0.2, 0.25) is 0 Å². The molecule has 4 heteroatoms. The summed E-state index contributed by atoms with van der Waals surface area (Å²) >= 11 is 0. The van der Waals surface area contributed by atoms with Gasteiger partial charge in [0.15, 0.2) is 0 Å². The Hall–Kier alpha value is -1.55. The summed E-state index contributed by atoms with van der Waals surface area (Å²) in [5, 5.41) is 0. The molecule has 1 rings (SSSR count). The van der Waals surface area contributed by atoms with E-state index in [-0.39, 0.29) is 17.9 Å². The predicted molar refractivity (Wildman–Crippen MR) is 81.5 cm³/mol. The van der Waals surface area contributed by atoms with Gasteiger partial charge in [0, 0.05) is 12.6 Å². The second-order valence-electron chi connectivity index (χ2n) is 5.68. The van der Waals surface area contributed by atoms with Crippen LogP contribution in [0.1, 0.15) is 33.3 Å². The third-order valence-corrected chi connectivity index (χ3v) is 3.40. The van der Waals surface area contributed by atoms with Crippen molar-refractivity contribution in [2.75, 3.05) is 7.11 Å². The van der Waals surface area contributed by atoms with Gasteiger partial charge in [0.2, 0.25) is 5.91 Å². The molecule has 0 unspecified atom stereocenters. The fourth-order valence-electron chi connectivity index (χ4n) is 1.96. The summed E-state index contributed by atoms with van der Waals surface area (Å²) in [7, 11) is 1.64. The second-order valence-corrected chi connectivity index (χ2v) is 5.68. The van der Waals surface area contributed by atoms with Crippen molar-refractivity contribution in [2.24, 2.45) is 11.7 Å². The van der Waals surface area contributed by atoms with Gasteiger partial charge in [0.1, 0.15) is 5.75 Å². The number of rotatable bonds is 6. The van der Waals surface area contributed by atoms with E-state index in [4.69, 9.17) is 10.5 Å². The first-order valence-electron chi connectivity index (χ1n) is 7.05. The van der Waals surface area contributed by atoms with Crippen LogP contribution in [-0.2, 0) is 11.3 Å². The van der Waals surface area contributed by atoms with E-state index >= 15 is 0 Å². The molecular formula is C16H26N2O2. The molecule has 1 aromatic carbocycles. The average Bonchev–Trinajstić information content (AvgIpc) is 2.43. The molecule has 20 heavy (non-hydrogen) atoms. The SMILES string of the molecule is COc1cccc(CN(C(=O)[C@@H](N)C(C)C)C(C)C)c1. The molecule has 0 aromatic heterocycles. The standard InChI is InChI=1S/C16H26N2O2/c1-11(2)15(17)16(19)18(12(3)4)10-13-7-6-8-14(9-13)20-5/h6-9,11-12,15H,10,17H2,1-5H3/t15-/m0/s1. The Balaban J connectivity index is 2.89. The first-order valence-corrected chi connectivity index (χ1v) is 7.05. The van der Waals surface area contributed by atoms with Gasteiger partial charge in [-0.3, -0.25) is 4.79 Å². The lowest BCUT2D eigenvalue weighted by atomic mass is 10.0. The molecular weight excluding hydrogens is 252 g/mol. The Morgan fingerprint density at radius 1 is 1.30 bits per heavy atom. The zero-order chi connectivity index (χ0) is 15.3. The van der Waals surface area contributed by atoms with Gasteiger partial charge in [-0.2, -0.15) is 0 Å². The number of nitrogens with two attached hydrogens (primary N) is 1. The molecule has 0 spiro atoms. The van der Waals surface area contributed by atoms with Crippen molar-refractivity contribution in [3.8, 4) is 5.75 Å². The Morgan fingerprint density at radius 2 is 1.95 bits per heavy atom. The second kappa shape index (κ2) is 7.29. The van der Waals surface area contributed by atoms with Crippen LogP contribution in [0.5, 0.6) is 5.75 Å². The predicted octanol–water partition coefficient (Wildman–Crippen LogP) is 2.42. The normalized spacial score (nSPS) is 12.6. The van der Waals surface area contributed by atoms with Crippen molar-refractivity contribution in [3.63, 3.8) is 0 Å². The van der Waals surface area contributed by atoms with Gasteiger partial charge in [-0.25, -0.2) is 0 Å². The van der Waals surface area contributed by atoms with E-state index in [2.05, 4.69) is 0 Å². The number of amides is 1.